The third-order valence-electron chi connectivity index (χ3n) is 3.28. The predicted octanol–water partition coefficient (Wildman–Crippen LogP) is 1.79. The van der Waals surface area contributed by atoms with Gasteiger partial charge in [0.2, 0.25) is 0 Å². The molecule has 0 saturated heterocycles. The van der Waals surface area contributed by atoms with Gasteiger partial charge in [-0.1, -0.05) is 0 Å². The molecule has 1 aromatic rings. The van der Waals surface area contributed by atoms with Gasteiger partial charge in [-0.15, -0.1) is 0 Å². The summed E-state index contributed by atoms with van der Waals surface area (Å²) in [5.41, 5.74) is 3.71. The molecule has 1 aliphatic rings. The Morgan fingerprint density at radius 3 is 2.41 bits per heavy atom. The standard InChI is InChI=1S/C12H21N5/c1-4-17(5-2)12-8(3)10(16-13)14-11(15-12)9-6-7-9/h9H,4-7,13H2,1-3H3,(H,14,15,16). The van der Waals surface area contributed by atoms with Crippen LogP contribution in [0.2, 0.25) is 0 Å². The maximum atomic E-state index is 5.53. The molecule has 0 spiro atoms. The lowest BCUT2D eigenvalue weighted by atomic mass is 10.2. The van der Waals surface area contributed by atoms with Crippen molar-refractivity contribution in [3.8, 4) is 0 Å². The monoisotopic (exact) mass is 235 g/mol. The number of hydrazine groups is 1. The molecule has 94 valence electrons. The molecule has 2 rings (SSSR count). The molecular weight excluding hydrogens is 214 g/mol. The van der Waals surface area contributed by atoms with Crippen molar-refractivity contribution in [3.05, 3.63) is 11.4 Å². The summed E-state index contributed by atoms with van der Waals surface area (Å²) in [5.74, 6) is 8.78. The maximum Gasteiger partial charge on any atom is 0.148 e. The Bertz CT molecular complexity index is 396. The highest BCUT2D eigenvalue weighted by atomic mass is 15.3. The van der Waals surface area contributed by atoms with Crippen LogP contribution in [0, 0.1) is 6.92 Å². The fraction of sp³-hybridized carbons (Fsp3) is 0.667. The normalized spacial score (nSPS) is 14.8. The van der Waals surface area contributed by atoms with Crippen LogP contribution < -0.4 is 16.2 Å². The van der Waals surface area contributed by atoms with E-state index in [2.05, 4.69) is 29.2 Å². The summed E-state index contributed by atoms with van der Waals surface area (Å²) < 4.78 is 0. The highest BCUT2D eigenvalue weighted by Crippen LogP contribution is 2.39. The summed E-state index contributed by atoms with van der Waals surface area (Å²) in [4.78, 5) is 11.4. The average Bonchev–Trinajstić information content (AvgIpc) is 3.16. The van der Waals surface area contributed by atoms with Crippen LogP contribution in [-0.4, -0.2) is 23.1 Å². The lowest BCUT2D eigenvalue weighted by molar-refractivity contribution is 0.813. The van der Waals surface area contributed by atoms with Gasteiger partial charge in [0.05, 0.1) is 0 Å². The molecule has 17 heavy (non-hydrogen) atoms. The van der Waals surface area contributed by atoms with E-state index in [1.165, 1.54) is 12.8 Å². The summed E-state index contributed by atoms with van der Waals surface area (Å²) in [6.45, 7) is 8.18. The van der Waals surface area contributed by atoms with Crippen molar-refractivity contribution >= 4 is 11.6 Å². The van der Waals surface area contributed by atoms with Crippen LogP contribution in [0.4, 0.5) is 11.6 Å². The van der Waals surface area contributed by atoms with Crippen LogP contribution in [0.1, 0.15) is 44.0 Å². The van der Waals surface area contributed by atoms with Gasteiger partial charge in [-0.05, 0) is 33.6 Å². The molecule has 0 amide bonds. The van der Waals surface area contributed by atoms with Crippen molar-refractivity contribution in [3.63, 3.8) is 0 Å². The Morgan fingerprint density at radius 1 is 1.29 bits per heavy atom. The number of rotatable bonds is 5. The third kappa shape index (κ3) is 2.34. The van der Waals surface area contributed by atoms with Crippen LogP contribution in [0.15, 0.2) is 0 Å². The van der Waals surface area contributed by atoms with E-state index in [4.69, 9.17) is 10.8 Å². The summed E-state index contributed by atoms with van der Waals surface area (Å²) >= 11 is 0. The fourth-order valence-corrected chi connectivity index (χ4v) is 2.02. The van der Waals surface area contributed by atoms with Crippen molar-refractivity contribution in [1.82, 2.24) is 9.97 Å². The molecule has 0 radical (unpaired) electrons. The zero-order valence-electron chi connectivity index (χ0n) is 10.8. The SMILES string of the molecule is CCN(CC)c1nc(C2CC2)nc(NN)c1C. The van der Waals surface area contributed by atoms with Crippen LogP contribution in [-0.2, 0) is 0 Å². The van der Waals surface area contributed by atoms with Crippen molar-refractivity contribution in [1.29, 1.82) is 0 Å². The highest BCUT2D eigenvalue weighted by molar-refractivity contribution is 5.58. The maximum absolute atomic E-state index is 5.53. The molecule has 3 N–H and O–H groups in total. The first-order chi connectivity index (χ1) is 8.21. The topological polar surface area (TPSA) is 67.1 Å². The van der Waals surface area contributed by atoms with E-state index in [0.29, 0.717) is 5.92 Å². The Balaban J connectivity index is 2.43. The van der Waals surface area contributed by atoms with Crippen LogP contribution in [0.25, 0.3) is 0 Å². The number of nitrogens with two attached hydrogens (primary N) is 1. The van der Waals surface area contributed by atoms with E-state index < -0.39 is 0 Å². The summed E-state index contributed by atoms with van der Waals surface area (Å²) in [5, 5.41) is 0. The van der Waals surface area contributed by atoms with Crippen molar-refractivity contribution in [2.75, 3.05) is 23.4 Å². The molecule has 1 heterocycles. The minimum Gasteiger partial charge on any atom is -0.357 e. The Morgan fingerprint density at radius 2 is 1.94 bits per heavy atom. The molecule has 5 nitrogen and oxygen atoms in total. The number of nitrogens with one attached hydrogen (secondary N) is 1. The molecule has 0 aromatic carbocycles. The van der Waals surface area contributed by atoms with Crippen LogP contribution in [0.5, 0.6) is 0 Å². The van der Waals surface area contributed by atoms with Crippen molar-refractivity contribution < 1.29 is 0 Å². The Hall–Kier alpha value is -1.36. The smallest absolute Gasteiger partial charge is 0.148 e. The van der Waals surface area contributed by atoms with Crippen LogP contribution >= 0.6 is 0 Å². The molecule has 0 atom stereocenters. The summed E-state index contributed by atoms with van der Waals surface area (Å²) in [6.07, 6.45) is 2.40. The molecule has 1 aromatic heterocycles. The molecule has 0 bridgehead atoms. The Kier molecular flexibility index (Phi) is 3.47. The van der Waals surface area contributed by atoms with Crippen molar-refractivity contribution in [2.24, 2.45) is 5.84 Å². The predicted molar refractivity (Wildman–Crippen MR) is 70.1 cm³/mol. The second kappa shape index (κ2) is 4.87. The first-order valence-corrected chi connectivity index (χ1v) is 6.31. The number of anilines is 2. The first-order valence-electron chi connectivity index (χ1n) is 6.31. The first kappa shape index (κ1) is 12.1. The van der Waals surface area contributed by atoms with Crippen LogP contribution in [0.3, 0.4) is 0 Å². The molecular formula is C12H21N5. The average molecular weight is 235 g/mol. The fourth-order valence-electron chi connectivity index (χ4n) is 2.02. The third-order valence-corrected chi connectivity index (χ3v) is 3.28. The van der Waals surface area contributed by atoms with Gasteiger partial charge >= 0.3 is 0 Å². The van der Waals surface area contributed by atoms with Gasteiger partial charge in [0.1, 0.15) is 17.5 Å². The molecule has 5 heteroatoms. The van der Waals surface area contributed by atoms with Gasteiger partial charge in [-0.25, -0.2) is 15.8 Å². The Labute approximate surface area is 102 Å². The number of hydrogen-bond acceptors (Lipinski definition) is 5. The summed E-state index contributed by atoms with van der Waals surface area (Å²) in [6, 6.07) is 0. The van der Waals surface area contributed by atoms with E-state index in [1.807, 2.05) is 6.92 Å². The zero-order chi connectivity index (χ0) is 12.4. The molecule has 0 aliphatic heterocycles. The number of nitrogens with zero attached hydrogens (tertiary/aromatic N) is 3. The quantitative estimate of drug-likeness (QED) is 0.601. The summed E-state index contributed by atoms with van der Waals surface area (Å²) in [7, 11) is 0. The zero-order valence-corrected chi connectivity index (χ0v) is 10.8. The second-order valence-corrected chi connectivity index (χ2v) is 4.47. The van der Waals surface area contributed by atoms with Gasteiger partial charge < -0.3 is 10.3 Å². The van der Waals surface area contributed by atoms with Gasteiger partial charge in [-0.3, -0.25) is 0 Å². The van der Waals surface area contributed by atoms with E-state index in [-0.39, 0.29) is 0 Å². The number of nitrogen functional groups attached to an aromatic ring is 1. The minimum atomic E-state index is 0.539. The molecule has 1 aliphatic carbocycles. The van der Waals surface area contributed by atoms with Gasteiger partial charge in [0.15, 0.2) is 0 Å². The van der Waals surface area contributed by atoms with Crippen molar-refractivity contribution in [2.45, 2.75) is 39.5 Å². The highest BCUT2D eigenvalue weighted by Gasteiger charge is 2.28. The molecule has 1 fully saturated rings. The molecule has 0 unspecified atom stereocenters. The van der Waals surface area contributed by atoms with E-state index in [1.54, 1.807) is 0 Å². The largest absolute Gasteiger partial charge is 0.357 e. The lowest BCUT2D eigenvalue weighted by Gasteiger charge is -2.23. The van der Waals surface area contributed by atoms with E-state index >= 15 is 0 Å². The van der Waals surface area contributed by atoms with Gasteiger partial charge in [0.25, 0.3) is 0 Å². The molecule has 1 saturated carbocycles. The second-order valence-electron chi connectivity index (χ2n) is 4.47. The van der Waals surface area contributed by atoms with Gasteiger partial charge in [0, 0.05) is 24.6 Å². The minimum absolute atomic E-state index is 0.539. The number of aromatic nitrogens is 2. The van der Waals surface area contributed by atoms with E-state index in [9.17, 15) is 0 Å². The number of hydrogen-bond donors (Lipinski definition) is 2. The lowest BCUT2D eigenvalue weighted by Crippen LogP contribution is -2.26. The van der Waals surface area contributed by atoms with E-state index in [0.717, 1.165) is 36.1 Å². The van der Waals surface area contributed by atoms with Gasteiger partial charge in [-0.2, -0.15) is 0 Å².